The third-order valence-corrected chi connectivity index (χ3v) is 3.51. The highest BCUT2D eigenvalue weighted by Crippen LogP contribution is 2.23. The Bertz CT molecular complexity index is 450. The summed E-state index contributed by atoms with van der Waals surface area (Å²) in [5, 5.41) is 6.18. The van der Waals surface area contributed by atoms with Crippen LogP contribution in [-0.2, 0) is 4.79 Å². The number of carbonyl (C=O) groups excluding carboxylic acids is 1. The first kappa shape index (κ1) is 14.8. The maximum Gasteiger partial charge on any atom is 0.238 e. The van der Waals surface area contributed by atoms with Crippen molar-refractivity contribution < 1.29 is 9.53 Å². The lowest BCUT2D eigenvalue weighted by molar-refractivity contribution is -0.117. The molecule has 1 saturated heterocycles. The largest absolute Gasteiger partial charge is 0.492 e. The lowest BCUT2D eigenvalue weighted by Gasteiger charge is -2.16. The van der Waals surface area contributed by atoms with E-state index in [1.165, 1.54) is 0 Å². The Morgan fingerprint density at radius 3 is 2.95 bits per heavy atom. The van der Waals surface area contributed by atoms with Crippen LogP contribution in [0, 0.1) is 0 Å². The van der Waals surface area contributed by atoms with Gasteiger partial charge in [0.15, 0.2) is 0 Å². The van der Waals surface area contributed by atoms with Gasteiger partial charge in [-0.15, -0.1) is 0 Å². The highest BCUT2D eigenvalue weighted by Gasteiger charge is 2.22. The van der Waals surface area contributed by atoms with E-state index < -0.39 is 0 Å². The van der Waals surface area contributed by atoms with Crippen LogP contribution in [0.15, 0.2) is 24.3 Å². The summed E-state index contributed by atoms with van der Waals surface area (Å²) in [6, 6.07) is 8.03. The minimum Gasteiger partial charge on any atom is -0.492 e. The number of anilines is 1. The number of benzene rings is 1. The Morgan fingerprint density at radius 1 is 1.45 bits per heavy atom. The zero-order valence-corrected chi connectivity index (χ0v) is 12.2. The Kier molecular flexibility index (Phi) is 5.38. The van der Waals surface area contributed by atoms with E-state index in [0.29, 0.717) is 19.2 Å². The molecule has 0 aromatic heterocycles. The number of amides is 1. The molecule has 0 radical (unpaired) electrons. The molecule has 2 rings (SSSR count). The molecule has 1 aliphatic heterocycles. The van der Waals surface area contributed by atoms with Crippen molar-refractivity contribution in [3.8, 4) is 5.75 Å². The number of ether oxygens (including phenoxy) is 1. The second-order valence-corrected chi connectivity index (χ2v) is 4.99. The molecule has 0 bridgehead atoms. The van der Waals surface area contributed by atoms with Gasteiger partial charge in [0.25, 0.3) is 0 Å². The Balaban J connectivity index is 1.88. The number of nitrogens with one attached hydrogen (secondary N) is 2. The van der Waals surface area contributed by atoms with Crippen molar-refractivity contribution >= 4 is 11.6 Å². The van der Waals surface area contributed by atoms with E-state index in [4.69, 9.17) is 4.74 Å². The fraction of sp³-hybridized carbons (Fsp3) is 0.533. The third-order valence-electron chi connectivity index (χ3n) is 3.51. The zero-order chi connectivity index (χ0) is 14.4. The van der Waals surface area contributed by atoms with Crippen molar-refractivity contribution in [3.63, 3.8) is 0 Å². The van der Waals surface area contributed by atoms with Gasteiger partial charge in [-0.3, -0.25) is 9.69 Å². The van der Waals surface area contributed by atoms with E-state index >= 15 is 0 Å². The minimum absolute atomic E-state index is 0.00825. The molecule has 20 heavy (non-hydrogen) atoms. The lowest BCUT2D eigenvalue weighted by atomic mass is 10.3. The van der Waals surface area contributed by atoms with Gasteiger partial charge < -0.3 is 15.4 Å². The van der Waals surface area contributed by atoms with Crippen molar-refractivity contribution in [1.29, 1.82) is 0 Å². The summed E-state index contributed by atoms with van der Waals surface area (Å²) >= 11 is 0. The van der Waals surface area contributed by atoms with Crippen LogP contribution in [0.4, 0.5) is 5.69 Å². The van der Waals surface area contributed by atoms with Crippen LogP contribution in [0.3, 0.4) is 0 Å². The summed E-state index contributed by atoms with van der Waals surface area (Å²) in [6.07, 6.45) is 1.10. The predicted molar refractivity (Wildman–Crippen MR) is 80.1 cm³/mol. The van der Waals surface area contributed by atoms with Crippen LogP contribution < -0.4 is 15.4 Å². The fourth-order valence-corrected chi connectivity index (χ4v) is 2.46. The molecule has 1 aromatic carbocycles. The van der Waals surface area contributed by atoms with Gasteiger partial charge in [-0.1, -0.05) is 12.1 Å². The summed E-state index contributed by atoms with van der Waals surface area (Å²) in [6.45, 7) is 4.84. The topological polar surface area (TPSA) is 53.6 Å². The molecule has 1 amide bonds. The zero-order valence-electron chi connectivity index (χ0n) is 12.2. The van der Waals surface area contributed by atoms with Crippen molar-refractivity contribution in [2.24, 2.45) is 0 Å². The monoisotopic (exact) mass is 277 g/mol. The summed E-state index contributed by atoms with van der Waals surface area (Å²) < 4.78 is 5.50. The molecule has 0 aliphatic carbocycles. The van der Waals surface area contributed by atoms with E-state index in [1.807, 2.05) is 38.2 Å². The first-order valence-electron chi connectivity index (χ1n) is 7.14. The smallest absolute Gasteiger partial charge is 0.238 e. The van der Waals surface area contributed by atoms with Crippen LogP contribution in [-0.4, -0.2) is 50.1 Å². The van der Waals surface area contributed by atoms with Crippen molar-refractivity contribution in [2.45, 2.75) is 19.4 Å². The molecular formula is C15H23N3O2. The average Bonchev–Trinajstić information content (AvgIpc) is 2.89. The number of para-hydroxylation sites is 2. The molecule has 5 nitrogen and oxygen atoms in total. The van der Waals surface area contributed by atoms with Gasteiger partial charge in [0.1, 0.15) is 5.75 Å². The van der Waals surface area contributed by atoms with Gasteiger partial charge in [0.2, 0.25) is 5.91 Å². The van der Waals surface area contributed by atoms with Gasteiger partial charge in [-0.05, 0) is 32.5 Å². The number of likely N-dealkylation sites (N-methyl/N-ethyl adjacent to an activating group) is 1. The maximum atomic E-state index is 12.1. The lowest BCUT2D eigenvalue weighted by Crippen LogP contribution is -2.34. The fourth-order valence-electron chi connectivity index (χ4n) is 2.46. The molecule has 2 N–H and O–H groups in total. The summed E-state index contributed by atoms with van der Waals surface area (Å²) in [5.41, 5.74) is 0.740. The third kappa shape index (κ3) is 3.95. The first-order chi connectivity index (χ1) is 9.72. The number of likely N-dealkylation sites (tertiary alicyclic amines) is 1. The summed E-state index contributed by atoms with van der Waals surface area (Å²) in [4.78, 5) is 14.3. The number of rotatable bonds is 6. The average molecular weight is 277 g/mol. The SMILES string of the molecule is CCOc1ccccc1NC(=O)CN1CCC(NC)C1. The van der Waals surface area contributed by atoms with E-state index in [2.05, 4.69) is 15.5 Å². The molecule has 1 unspecified atom stereocenters. The second-order valence-electron chi connectivity index (χ2n) is 4.99. The molecule has 0 spiro atoms. The summed E-state index contributed by atoms with van der Waals surface area (Å²) in [7, 11) is 1.96. The normalized spacial score (nSPS) is 19.0. The van der Waals surface area contributed by atoms with Gasteiger partial charge >= 0.3 is 0 Å². The molecule has 1 heterocycles. The number of carbonyl (C=O) groups is 1. The van der Waals surface area contributed by atoms with Crippen molar-refractivity contribution in [3.05, 3.63) is 24.3 Å². The number of nitrogens with zero attached hydrogens (tertiary/aromatic N) is 1. The highest BCUT2D eigenvalue weighted by atomic mass is 16.5. The van der Waals surface area contributed by atoms with Gasteiger partial charge in [-0.25, -0.2) is 0 Å². The van der Waals surface area contributed by atoms with Gasteiger partial charge in [0, 0.05) is 19.1 Å². The number of hydrogen-bond donors (Lipinski definition) is 2. The molecule has 110 valence electrons. The summed E-state index contributed by atoms with van der Waals surface area (Å²) in [5.74, 6) is 0.728. The molecule has 0 saturated carbocycles. The predicted octanol–water partition coefficient (Wildman–Crippen LogP) is 1.32. The molecule has 1 fully saturated rings. The standard InChI is InChI=1S/C15H23N3O2/c1-3-20-14-7-5-4-6-13(14)17-15(19)11-18-9-8-12(10-18)16-2/h4-7,12,16H,3,8-11H2,1-2H3,(H,17,19). The second kappa shape index (κ2) is 7.26. The first-order valence-corrected chi connectivity index (χ1v) is 7.14. The minimum atomic E-state index is 0.00825. The molecule has 1 atom stereocenters. The maximum absolute atomic E-state index is 12.1. The van der Waals surface area contributed by atoms with Crippen LogP contribution >= 0.6 is 0 Å². The Labute approximate surface area is 120 Å². The van der Waals surface area contributed by atoms with E-state index in [-0.39, 0.29) is 5.91 Å². The molecule has 1 aromatic rings. The highest BCUT2D eigenvalue weighted by molar-refractivity contribution is 5.93. The quantitative estimate of drug-likeness (QED) is 0.823. The van der Waals surface area contributed by atoms with Crippen LogP contribution in [0.2, 0.25) is 0 Å². The number of hydrogen-bond acceptors (Lipinski definition) is 4. The van der Waals surface area contributed by atoms with Gasteiger partial charge in [-0.2, -0.15) is 0 Å². The van der Waals surface area contributed by atoms with Crippen LogP contribution in [0.5, 0.6) is 5.75 Å². The molecule has 5 heteroatoms. The molecular weight excluding hydrogens is 254 g/mol. The van der Waals surface area contributed by atoms with Crippen molar-refractivity contribution in [1.82, 2.24) is 10.2 Å². The Hall–Kier alpha value is -1.59. The van der Waals surface area contributed by atoms with Gasteiger partial charge in [0.05, 0.1) is 18.8 Å². The van der Waals surface area contributed by atoms with E-state index in [0.717, 1.165) is 30.9 Å². The Morgan fingerprint density at radius 2 is 2.25 bits per heavy atom. The molecule has 1 aliphatic rings. The van der Waals surface area contributed by atoms with Crippen LogP contribution in [0.25, 0.3) is 0 Å². The van der Waals surface area contributed by atoms with Crippen molar-refractivity contribution in [2.75, 3.05) is 38.6 Å². The van der Waals surface area contributed by atoms with Crippen LogP contribution in [0.1, 0.15) is 13.3 Å². The van der Waals surface area contributed by atoms with E-state index in [9.17, 15) is 4.79 Å². The van der Waals surface area contributed by atoms with E-state index in [1.54, 1.807) is 0 Å².